The minimum Gasteiger partial charge on any atom is -0.389 e. The van der Waals surface area contributed by atoms with Gasteiger partial charge in [0.2, 0.25) is 0 Å². The second-order valence-corrected chi connectivity index (χ2v) is 4.85. The van der Waals surface area contributed by atoms with Gasteiger partial charge in [-0.25, -0.2) is 0 Å². The molecule has 3 N–H and O–H groups in total. The van der Waals surface area contributed by atoms with E-state index in [2.05, 4.69) is 13.2 Å². The van der Waals surface area contributed by atoms with Crippen molar-refractivity contribution < 1.29 is 5.11 Å². The third kappa shape index (κ3) is 1.78. The topological polar surface area (TPSA) is 46.2 Å². The van der Waals surface area contributed by atoms with Crippen LogP contribution in [0.5, 0.6) is 0 Å². The molecule has 0 aliphatic heterocycles. The summed E-state index contributed by atoms with van der Waals surface area (Å²) in [7, 11) is 0. The molecule has 0 spiro atoms. The van der Waals surface area contributed by atoms with Crippen LogP contribution in [0.25, 0.3) is 0 Å². The molecule has 0 amide bonds. The van der Waals surface area contributed by atoms with Crippen LogP contribution in [0.3, 0.4) is 0 Å². The summed E-state index contributed by atoms with van der Waals surface area (Å²) in [6.07, 6.45) is 4.97. The van der Waals surface area contributed by atoms with Crippen molar-refractivity contribution in [1.29, 1.82) is 0 Å². The predicted octanol–water partition coefficient (Wildman–Crippen LogP) is 1.23. The van der Waals surface area contributed by atoms with E-state index in [0.717, 1.165) is 19.3 Å². The van der Waals surface area contributed by atoms with Gasteiger partial charge in [0.15, 0.2) is 0 Å². The van der Waals surface area contributed by atoms with Gasteiger partial charge in [-0.2, -0.15) is 11.8 Å². The van der Waals surface area contributed by atoms with E-state index in [1.807, 2.05) is 11.8 Å². The van der Waals surface area contributed by atoms with Crippen LogP contribution >= 0.6 is 11.8 Å². The van der Waals surface area contributed by atoms with E-state index in [-0.39, 0.29) is 0 Å². The molecule has 2 nitrogen and oxygen atoms in total. The molecular formula is C9H19NOS. The number of hydrogen-bond donors (Lipinski definition) is 2. The maximum Gasteiger partial charge on any atom is 0.0708 e. The molecule has 12 heavy (non-hydrogen) atoms. The molecule has 0 aromatic rings. The van der Waals surface area contributed by atoms with Crippen molar-refractivity contribution in [2.75, 3.05) is 12.8 Å². The zero-order valence-corrected chi connectivity index (χ0v) is 8.73. The first-order valence-corrected chi connectivity index (χ1v) is 5.90. The fourth-order valence-electron chi connectivity index (χ4n) is 1.99. The quantitative estimate of drug-likeness (QED) is 0.699. The molecule has 0 aromatic heterocycles. The molecule has 72 valence electrons. The first-order chi connectivity index (χ1) is 5.66. The average Bonchev–Trinajstić information content (AvgIpc) is 2.01. The highest BCUT2D eigenvalue weighted by Crippen LogP contribution is 2.44. The Hall–Kier alpha value is 0.270. The van der Waals surface area contributed by atoms with Crippen LogP contribution in [0.4, 0.5) is 0 Å². The number of thioether (sulfide) groups is 1. The first kappa shape index (κ1) is 10.4. The smallest absolute Gasteiger partial charge is 0.0708 e. The monoisotopic (exact) mass is 189 g/mol. The van der Waals surface area contributed by atoms with E-state index in [1.54, 1.807) is 0 Å². The van der Waals surface area contributed by atoms with Crippen molar-refractivity contribution in [3.05, 3.63) is 0 Å². The average molecular weight is 189 g/mol. The fourth-order valence-corrected chi connectivity index (χ4v) is 2.91. The molecule has 0 bridgehead atoms. The van der Waals surface area contributed by atoms with E-state index >= 15 is 0 Å². The van der Waals surface area contributed by atoms with Gasteiger partial charge in [0.25, 0.3) is 0 Å². The Bertz CT molecular complexity index is 141. The van der Waals surface area contributed by atoms with Crippen LogP contribution in [-0.2, 0) is 0 Å². The molecular weight excluding hydrogens is 170 g/mol. The largest absolute Gasteiger partial charge is 0.389 e. The Morgan fingerprint density at radius 3 is 2.58 bits per heavy atom. The number of nitrogens with two attached hydrogens (primary N) is 1. The summed E-state index contributed by atoms with van der Waals surface area (Å²) in [5.41, 5.74) is 5.17. The Morgan fingerprint density at radius 1 is 1.67 bits per heavy atom. The summed E-state index contributed by atoms with van der Waals surface area (Å²) in [4.78, 5) is 0. The normalized spacial score (nSPS) is 37.5. The zero-order chi connectivity index (χ0) is 9.19. The molecule has 0 saturated heterocycles. The third-order valence-electron chi connectivity index (χ3n) is 3.03. The van der Waals surface area contributed by atoms with Crippen molar-refractivity contribution in [2.24, 2.45) is 11.7 Å². The molecule has 1 fully saturated rings. The Kier molecular flexibility index (Phi) is 3.44. The summed E-state index contributed by atoms with van der Waals surface area (Å²) in [6, 6.07) is 0. The SMILES string of the molecule is CCC(CN)C1(O)CC(SC)C1. The lowest BCUT2D eigenvalue weighted by Gasteiger charge is -2.47. The van der Waals surface area contributed by atoms with Crippen molar-refractivity contribution in [3.63, 3.8) is 0 Å². The molecule has 0 radical (unpaired) electrons. The molecule has 1 aliphatic carbocycles. The van der Waals surface area contributed by atoms with Crippen LogP contribution in [0.15, 0.2) is 0 Å². The standard InChI is InChI=1S/C9H19NOS/c1-3-7(6-10)9(11)4-8(5-9)12-2/h7-8,11H,3-6,10H2,1-2H3. The van der Waals surface area contributed by atoms with E-state index < -0.39 is 5.60 Å². The van der Waals surface area contributed by atoms with Gasteiger partial charge in [-0.05, 0) is 38.0 Å². The van der Waals surface area contributed by atoms with Gasteiger partial charge in [-0.15, -0.1) is 0 Å². The van der Waals surface area contributed by atoms with E-state index in [1.165, 1.54) is 0 Å². The van der Waals surface area contributed by atoms with Crippen LogP contribution in [-0.4, -0.2) is 28.8 Å². The van der Waals surface area contributed by atoms with Crippen LogP contribution in [0.2, 0.25) is 0 Å². The maximum absolute atomic E-state index is 10.1. The summed E-state index contributed by atoms with van der Waals surface area (Å²) in [5.74, 6) is 0.306. The van der Waals surface area contributed by atoms with Gasteiger partial charge in [0.1, 0.15) is 0 Å². The van der Waals surface area contributed by atoms with E-state index in [9.17, 15) is 5.11 Å². The van der Waals surface area contributed by atoms with Gasteiger partial charge in [0, 0.05) is 5.25 Å². The molecule has 0 heterocycles. The minimum absolute atomic E-state index is 0.306. The maximum atomic E-state index is 10.1. The predicted molar refractivity (Wildman–Crippen MR) is 54.3 cm³/mol. The lowest BCUT2D eigenvalue weighted by Crippen LogP contribution is -2.53. The van der Waals surface area contributed by atoms with E-state index in [4.69, 9.17) is 5.73 Å². The first-order valence-electron chi connectivity index (χ1n) is 4.61. The lowest BCUT2D eigenvalue weighted by atomic mass is 9.70. The van der Waals surface area contributed by atoms with Crippen LogP contribution in [0, 0.1) is 5.92 Å². The van der Waals surface area contributed by atoms with Crippen LogP contribution < -0.4 is 5.73 Å². The molecule has 1 saturated carbocycles. The summed E-state index contributed by atoms with van der Waals surface area (Å²) in [5, 5.41) is 10.7. The highest BCUT2D eigenvalue weighted by molar-refractivity contribution is 7.99. The van der Waals surface area contributed by atoms with Gasteiger partial charge < -0.3 is 10.8 Å². The molecule has 0 aromatic carbocycles. The molecule has 1 atom stereocenters. The van der Waals surface area contributed by atoms with Gasteiger partial charge in [-0.3, -0.25) is 0 Å². The summed E-state index contributed by atoms with van der Waals surface area (Å²) in [6.45, 7) is 2.72. The highest BCUT2D eigenvalue weighted by atomic mass is 32.2. The van der Waals surface area contributed by atoms with Crippen LogP contribution in [0.1, 0.15) is 26.2 Å². The lowest BCUT2D eigenvalue weighted by molar-refractivity contribution is -0.0770. The number of hydrogen-bond acceptors (Lipinski definition) is 3. The van der Waals surface area contributed by atoms with Crippen molar-refractivity contribution in [2.45, 2.75) is 37.0 Å². The minimum atomic E-state index is -0.433. The van der Waals surface area contributed by atoms with Crippen molar-refractivity contribution in [1.82, 2.24) is 0 Å². The molecule has 3 heteroatoms. The molecule has 1 aliphatic rings. The molecule has 1 unspecified atom stereocenters. The Morgan fingerprint density at radius 2 is 2.25 bits per heavy atom. The van der Waals surface area contributed by atoms with Crippen molar-refractivity contribution in [3.8, 4) is 0 Å². The summed E-state index contributed by atoms with van der Waals surface area (Å²) < 4.78 is 0. The van der Waals surface area contributed by atoms with Crippen molar-refractivity contribution >= 4 is 11.8 Å². The Balaban J connectivity index is 2.41. The fraction of sp³-hybridized carbons (Fsp3) is 1.00. The van der Waals surface area contributed by atoms with Gasteiger partial charge >= 0.3 is 0 Å². The van der Waals surface area contributed by atoms with Gasteiger partial charge in [-0.1, -0.05) is 6.92 Å². The number of rotatable bonds is 4. The molecule has 1 rings (SSSR count). The second-order valence-electron chi connectivity index (χ2n) is 3.71. The zero-order valence-electron chi connectivity index (χ0n) is 7.92. The number of aliphatic hydroxyl groups is 1. The third-order valence-corrected chi connectivity index (χ3v) is 4.03. The highest BCUT2D eigenvalue weighted by Gasteiger charge is 2.46. The summed E-state index contributed by atoms with van der Waals surface area (Å²) >= 11 is 1.85. The van der Waals surface area contributed by atoms with E-state index in [0.29, 0.717) is 17.7 Å². The Labute approximate surface area is 78.9 Å². The van der Waals surface area contributed by atoms with Gasteiger partial charge in [0.05, 0.1) is 5.60 Å². The second kappa shape index (κ2) is 3.99.